The summed E-state index contributed by atoms with van der Waals surface area (Å²) in [5.41, 5.74) is 0.898. The molecule has 0 bridgehead atoms. The van der Waals surface area contributed by atoms with Gasteiger partial charge >= 0.3 is 0 Å². The molecule has 18 heavy (non-hydrogen) atoms. The molecular formula is C12H15N3OS2. The number of aromatic amines is 1. The molecule has 0 aromatic carbocycles. The number of H-pyrrole nitrogens is 1. The summed E-state index contributed by atoms with van der Waals surface area (Å²) >= 11 is 6.77. The van der Waals surface area contributed by atoms with Gasteiger partial charge in [-0.1, -0.05) is 0 Å². The molecule has 1 atom stereocenters. The van der Waals surface area contributed by atoms with Crippen LogP contribution in [-0.2, 0) is 6.54 Å². The largest absolute Gasteiger partial charge is 0.331 e. The van der Waals surface area contributed by atoms with Crippen molar-refractivity contribution in [2.24, 2.45) is 0 Å². The van der Waals surface area contributed by atoms with Gasteiger partial charge in [0.15, 0.2) is 4.77 Å². The van der Waals surface area contributed by atoms with Gasteiger partial charge in [0, 0.05) is 12.6 Å². The number of nitrogens with zero attached hydrogens (tertiary/aromatic N) is 2. The molecule has 0 amide bonds. The maximum Gasteiger partial charge on any atom is 0.272 e. The summed E-state index contributed by atoms with van der Waals surface area (Å²) in [6.45, 7) is 1.80. The Morgan fingerprint density at radius 1 is 1.61 bits per heavy atom. The number of hydrogen-bond donors (Lipinski definition) is 1. The lowest BCUT2D eigenvalue weighted by Gasteiger charge is -2.20. The Morgan fingerprint density at radius 3 is 3.17 bits per heavy atom. The summed E-state index contributed by atoms with van der Waals surface area (Å²) in [5, 5.41) is 1.92. The molecule has 2 aromatic rings. The lowest BCUT2D eigenvalue weighted by molar-refractivity contribution is 0.279. The highest BCUT2D eigenvalue weighted by atomic mass is 32.1. The zero-order valence-electron chi connectivity index (χ0n) is 10.2. The minimum absolute atomic E-state index is 0.0454. The maximum atomic E-state index is 12.4. The van der Waals surface area contributed by atoms with Gasteiger partial charge in [0.05, 0.1) is 5.52 Å². The first-order valence-corrected chi connectivity index (χ1v) is 7.36. The molecule has 1 saturated heterocycles. The van der Waals surface area contributed by atoms with Crippen molar-refractivity contribution in [3.05, 3.63) is 26.6 Å². The van der Waals surface area contributed by atoms with Crippen LogP contribution in [-0.4, -0.2) is 34.1 Å². The Kier molecular flexibility index (Phi) is 3.09. The van der Waals surface area contributed by atoms with Crippen LogP contribution in [0.5, 0.6) is 0 Å². The fourth-order valence-corrected chi connectivity index (χ4v) is 3.62. The van der Waals surface area contributed by atoms with E-state index in [9.17, 15) is 4.79 Å². The molecule has 1 unspecified atom stereocenters. The molecule has 1 aliphatic rings. The lowest BCUT2D eigenvalue weighted by atomic mass is 10.2. The highest BCUT2D eigenvalue weighted by Crippen LogP contribution is 2.18. The Morgan fingerprint density at radius 2 is 2.44 bits per heavy atom. The van der Waals surface area contributed by atoms with Crippen molar-refractivity contribution < 1.29 is 0 Å². The molecule has 1 fully saturated rings. The Labute approximate surface area is 114 Å². The van der Waals surface area contributed by atoms with Crippen LogP contribution >= 0.6 is 23.6 Å². The summed E-state index contributed by atoms with van der Waals surface area (Å²) in [5.74, 6) is 0. The number of rotatable bonds is 2. The van der Waals surface area contributed by atoms with Crippen molar-refractivity contribution in [1.29, 1.82) is 0 Å². The fraction of sp³-hybridized carbons (Fsp3) is 0.500. The van der Waals surface area contributed by atoms with Crippen LogP contribution in [0, 0.1) is 4.77 Å². The van der Waals surface area contributed by atoms with Crippen molar-refractivity contribution in [3.63, 3.8) is 0 Å². The van der Waals surface area contributed by atoms with Crippen LogP contribution in [0.3, 0.4) is 0 Å². The van der Waals surface area contributed by atoms with E-state index in [1.54, 1.807) is 4.57 Å². The molecular weight excluding hydrogens is 266 g/mol. The van der Waals surface area contributed by atoms with E-state index >= 15 is 0 Å². The van der Waals surface area contributed by atoms with Crippen LogP contribution in [0.25, 0.3) is 10.2 Å². The molecule has 1 N–H and O–H groups in total. The van der Waals surface area contributed by atoms with Gasteiger partial charge in [0.1, 0.15) is 4.70 Å². The number of hydrogen-bond acceptors (Lipinski definition) is 4. The fourth-order valence-electron chi connectivity index (χ4n) is 2.56. The van der Waals surface area contributed by atoms with E-state index in [4.69, 9.17) is 12.2 Å². The van der Waals surface area contributed by atoms with Crippen molar-refractivity contribution in [2.75, 3.05) is 13.6 Å². The normalized spacial score (nSPS) is 20.8. The van der Waals surface area contributed by atoms with E-state index in [1.807, 2.05) is 11.4 Å². The van der Waals surface area contributed by atoms with Crippen LogP contribution in [0.4, 0.5) is 0 Å². The highest BCUT2D eigenvalue weighted by Gasteiger charge is 2.22. The van der Waals surface area contributed by atoms with Crippen molar-refractivity contribution >= 4 is 33.8 Å². The third kappa shape index (κ3) is 1.94. The number of nitrogens with one attached hydrogen (secondary N) is 1. The monoisotopic (exact) mass is 281 g/mol. The molecule has 3 heterocycles. The van der Waals surface area contributed by atoms with Gasteiger partial charge in [-0.15, -0.1) is 11.3 Å². The number of aromatic nitrogens is 2. The third-order valence-electron chi connectivity index (χ3n) is 3.66. The summed E-state index contributed by atoms with van der Waals surface area (Å²) in [6.07, 6.45) is 2.34. The second kappa shape index (κ2) is 4.60. The Balaban J connectivity index is 2.06. The van der Waals surface area contributed by atoms with E-state index < -0.39 is 0 Å². The van der Waals surface area contributed by atoms with Crippen molar-refractivity contribution in [2.45, 2.75) is 25.4 Å². The number of fused-ring (bicyclic) bond motifs is 1. The van der Waals surface area contributed by atoms with Crippen molar-refractivity contribution in [3.8, 4) is 0 Å². The molecule has 3 rings (SSSR count). The molecule has 96 valence electrons. The van der Waals surface area contributed by atoms with Gasteiger partial charge in [0.25, 0.3) is 5.56 Å². The second-order valence-electron chi connectivity index (χ2n) is 4.79. The lowest BCUT2D eigenvalue weighted by Crippen LogP contribution is -2.34. The molecule has 0 saturated carbocycles. The van der Waals surface area contributed by atoms with Gasteiger partial charge in [-0.2, -0.15) is 0 Å². The van der Waals surface area contributed by atoms with Gasteiger partial charge in [-0.05, 0) is 50.1 Å². The highest BCUT2D eigenvalue weighted by molar-refractivity contribution is 7.71. The van der Waals surface area contributed by atoms with Crippen LogP contribution in [0.1, 0.15) is 12.8 Å². The van der Waals surface area contributed by atoms with E-state index in [0.717, 1.165) is 23.2 Å². The zero-order chi connectivity index (χ0) is 12.7. The van der Waals surface area contributed by atoms with Crippen LogP contribution in [0.2, 0.25) is 0 Å². The van der Waals surface area contributed by atoms with Gasteiger partial charge < -0.3 is 9.88 Å². The predicted molar refractivity (Wildman–Crippen MR) is 76.9 cm³/mol. The number of likely N-dealkylation sites (tertiary alicyclic amines) is 1. The van der Waals surface area contributed by atoms with E-state index in [1.165, 1.54) is 17.8 Å². The van der Waals surface area contributed by atoms with Crippen LogP contribution < -0.4 is 5.56 Å². The first-order chi connectivity index (χ1) is 8.66. The van der Waals surface area contributed by atoms with E-state index in [0.29, 0.717) is 17.4 Å². The molecule has 0 spiro atoms. The van der Waals surface area contributed by atoms with Gasteiger partial charge in [0.2, 0.25) is 0 Å². The molecule has 2 aromatic heterocycles. The topological polar surface area (TPSA) is 41.0 Å². The molecule has 0 aliphatic carbocycles. The summed E-state index contributed by atoms with van der Waals surface area (Å²) in [7, 11) is 2.11. The van der Waals surface area contributed by atoms with Crippen LogP contribution in [0.15, 0.2) is 16.2 Å². The Hall–Kier alpha value is -0.980. The summed E-state index contributed by atoms with van der Waals surface area (Å²) in [4.78, 5) is 17.8. The van der Waals surface area contributed by atoms with E-state index in [2.05, 4.69) is 16.9 Å². The average molecular weight is 281 g/mol. The smallest absolute Gasteiger partial charge is 0.272 e. The van der Waals surface area contributed by atoms with E-state index in [-0.39, 0.29) is 5.56 Å². The van der Waals surface area contributed by atoms with Gasteiger partial charge in [-0.3, -0.25) is 9.36 Å². The number of thiophene rings is 1. The third-order valence-corrected chi connectivity index (χ3v) is 4.88. The molecule has 0 radical (unpaired) electrons. The quantitative estimate of drug-likeness (QED) is 0.858. The zero-order valence-corrected chi connectivity index (χ0v) is 11.8. The SMILES string of the molecule is CN1CCCC1Cn1c(=S)[nH]c2ccsc2c1=O. The maximum absolute atomic E-state index is 12.4. The average Bonchev–Trinajstić information content (AvgIpc) is 2.94. The first kappa shape index (κ1) is 12.1. The standard InChI is InChI=1S/C12H15N3OS2/c1-14-5-2-3-8(14)7-15-11(16)10-9(4-6-18-10)13-12(15)17/h4,6,8H,2-3,5,7H2,1H3,(H,13,17). The first-order valence-electron chi connectivity index (χ1n) is 6.07. The predicted octanol–water partition coefficient (Wildman–Crippen LogP) is 2.21. The van der Waals surface area contributed by atoms with Gasteiger partial charge in [-0.25, -0.2) is 0 Å². The molecule has 6 heteroatoms. The number of likely N-dealkylation sites (N-methyl/N-ethyl adjacent to an activating group) is 1. The summed E-state index contributed by atoms with van der Waals surface area (Å²) < 4.78 is 3.01. The molecule has 1 aliphatic heterocycles. The van der Waals surface area contributed by atoms with Crippen molar-refractivity contribution in [1.82, 2.24) is 14.5 Å². The minimum atomic E-state index is 0.0454. The Bertz CT molecular complexity index is 684. The minimum Gasteiger partial charge on any atom is -0.331 e. The second-order valence-corrected chi connectivity index (χ2v) is 6.09. The molecule has 4 nitrogen and oxygen atoms in total. The summed E-state index contributed by atoms with van der Waals surface area (Å²) in [6, 6.07) is 2.33.